The van der Waals surface area contributed by atoms with Crippen LogP contribution in [0.3, 0.4) is 0 Å². The fourth-order valence-electron chi connectivity index (χ4n) is 2.81. The maximum atomic E-state index is 12.1. The summed E-state index contributed by atoms with van der Waals surface area (Å²) in [6, 6.07) is 11.4. The number of rotatable bonds is 6. The Morgan fingerprint density at radius 3 is 3.08 bits per heavy atom. The minimum Gasteiger partial charge on any atom is -0.497 e. The van der Waals surface area contributed by atoms with Gasteiger partial charge in [-0.1, -0.05) is 6.07 Å². The topological polar surface area (TPSA) is 75.0 Å². The third-order valence-corrected chi connectivity index (χ3v) is 5.05. The number of hydrogen-bond donors (Lipinski definition) is 1. The van der Waals surface area contributed by atoms with Crippen molar-refractivity contribution in [3.63, 3.8) is 0 Å². The number of hydrogen-bond acceptors (Lipinski definition) is 5. The molecule has 0 saturated heterocycles. The van der Waals surface area contributed by atoms with Crippen molar-refractivity contribution in [1.29, 1.82) is 5.26 Å². The lowest BCUT2D eigenvalue weighted by Gasteiger charge is -2.08. The highest BCUT2D eigenvalue weighted by molar-refractivity contribution is 7.99. The van der Waals surface area contributed by atoms with Crippen LogP contribution in [0.1, 0.15) is 29.7 Å². The fraction of sp³-hybridized carbons (Fsp3) is 0.316. The molecule has 6 heteroatoms. The molecule has 0 aliphatic heterocycles. The Balaban J connectivity index is 1.56. The first-order chi connectivity index (χ1) is 12.2. The van der Waals surface area contributed by atoms with E-state index < -0.39 is 0 Å². The summed E-state index contributed by atoms with van der Waals surface area (Å²) in [6.45, 7) is 0. The molecule has 0 bridgehead atoms. The number of nitrogens with zero attached hydrogens (tertiary/aromatic N) is 2. The first kappa shape index (κ1) is 17.3. The van der Waals surface area contributed by atoms with Gasteiger partial charge in [0.15, 0.2) is 0 Å². The molecule has 0 atom stereocenters. The molecule has 0 unspecified atom stereocenters. The molecule has 0 radical (unpaired) electrons. The molecular weight excluding hydrogens is 334 g/mol. The molecule has 1 amide bonds. The second-order valence-electron chi connectivity index (χ2n) is 5.79. The number of amides is 1. The van der Waals surface area contributed by atoms with Crippen LogP contribution >= 0.6 is 11.8 Å². The second kappa shape index (κ2) is 8.04. The minimum atomic E-state index is -0.0691. The van der Waals surface area contributed by atoms with Gasteiger partial charge in [-0.25, -0.2) is 4.98 Å². The van der Waals surface area contributed by atoms with Gasteiger partial charge in [0.25, 0.3) is 0 Å². The number of benzene rings is 1. The molecular formula is C19H19N3O2S. The van der Waals surface area contributed by atoms with E-state index in [9.17, 15) is 10.1 Å². The van der Waals surface area contributed by atoms with Crippen LogP contribution in [0.5, 0.6) is 5.75 Å². The molecule has 3 rings (SSSR count). The number of fused-ring (bicyclic) bond motifs is 1. The molecule has 1 heterocycles. The smallest absolute Gasteiger partial charge is 0.225 e. The van der Waals surface area contributed by atoms with E-state index in [1.54, 1.807) is 13.2 Å². The van der Waals surface area contributed by atoms with Gasteiger partial charge >= 0.3 is 0 Å². The van der Waals surface area contributed by atoms with Gasteiger partial charge < -0.3 is 10.1 Å². The van der Waals surface area contributed by atoms with Gasteiger partial charge in [0.1, 0.15) is 16.8 Å². The van der Waals surface area contributed by atoms with Crippen molar-refractivity contribution >= 4 is 23.4 Å². The van der Waals surface area contributed by atoms with Crippen molar-refractivity contribution in [2.24, 2.45) is 0 Å². The molecule has 5 nitrogen and oxygen atoms in total. The zero-order chi connectivity index (χ0) is 17.6. The van der Waals surface area contributed by atoms with Gasteiger partial charge in [0, 0.05) is 29.6 Å². The van der Waals surface area contributed by atoms with Crippen LogP contribution in [0.25, 0.3) is 0 Å². The normalized spacial score (nSPS) is 12.3. The van der Waals surface area contributed by atoms with Crippen molar-refractivity contribution in [2.75, 3.05) is 18.2 Å². The zero-order valence-electron chi connectivity index (χ0n) is 14.0. The summed E-state index contributed by atoms with van der Waals surface area (Å²) < 4.78 is 5.14. The van der Waals surface area contributed by atoms with E-state index in [1.165, 1.54) is 17.3 Å². The van der Waals surface area contributed by atoms with Gasteiger partial charge in [-0.15, -0.1) is 11.8 Å². The minimum absolute atomic E-state index is 0.0691. The van der Waals surface area contributed by atoms with E-state index in [0.29, 0.717) is 29.2 Å². The molecule has 1 N–H and O–H groups in total. The summed E-state index contributed by atoms with van der Waals surface area (Å²) >= 11 is 1.47. The van der Waals surface area contributed by atoms with Crippen LogP contribution < -0.4 is 10.1 Å². The number of carbonyl (C=O) groups is 1. The molecule has 1 aliphatic carbocycles. The molecule has 0 spiro atoms. The average molecular weight is 353 g/mol. The molecule has 25 heavy (non-hydrogen) atoms. The largest absolute Gasteiger partial charge is 0.497 e. The average Bonchev–Trinajstić information content (AvgIpc) is 3.08. The summed E-state index contributed by atoms with van der Waals surface area (Å²) in [5.74, 6) is 1.21. The van der Waals surface area contributed by atoms with Crippen LogP contribution in [0.2, 0.25) is 0 Å². The molecule has 1 aromatic heterocycles. The summed E-state index contributed by atoms with van der Waals surface area (Å²) in [4.78, 5) is 16.7. The number of ether oxygens (including phenoxy) is 1. The number of thioether (sulfide) groups is 1. The molecule has 0 saturated carbocycles. The van der Waals surface area contributed by atoms with Crippen LogP contribution in [0.4, 0.5) is 5.69 Å². The lowest BCUT2D eigenvalue weighted by molar-refractivity contribution is -0.115. The number of nitrogens with one attached hydrogen (secondary N) is 1. The predicted octanol–water partition coefficient (Wildman–Crippen LogP) is 3.57. The van der Waals surface area contributed by atoms with Gasteiger partial charge in [-0.3, -0.25) is 4.79 Å². The predicted molar refractivity (Wildman–Crippen MR) is 97.9 cm³/mol. The number of aromatic nitrogens is 1. The summed E-state index contributed by atoms with van der Waals surface area (Å²) in [5, 5.41) is 12.9. The van der Waals surface area contributed by atoms with Crippen LogP contribution in [-0.4, -0.2) is 23.8 Å². The van der Waals surface area contributed by atoms with Crippen molar-refractivity contribution in [3.05, 3.63) is 47.2 Å². The van der Waals surface area contributed by atoms with E-state index in [-0.39, 0.29) is 5.91 Å². The van der Waals surface area contributed by atoms with E-state index in [1.807, 2.05) is 24.3 Å². The number of methoxy groups -OCH3 is 1. The monoisotopic (exact) mass is 353 g/mol. The van der Waals surface area contributed by atoms with Crippen LogP contribution in [0, 0.1) is 11.3 Å². The van der Waals surface area contributed by atoms with Gasteiger partial charge in [0.2, 0.25) is 5.91 Å². The van der Waals surface area contributed by atoms with Gasteiger partial charge in [-0.2, -0.15) is 5.26 Å². The Labute approximate surface area is 151 Å². The highest BCUT2D eigenvalue weighted by Gasteiger charge is 2.17. The number of pyridine rings is 1. The van der Waals surface area contributed by atoms with Crippen molar-refractivity contribution < 1.29 is 9.53 Å². The van der Waals surface area contributed by atoms with Crippen molar-refractivity contribution in [3.8, 4) is 11.8 Å². The Bertz CT molecular complexity index is 830. The molecule has 0 fully saturated rings. The van der Waals surface area contributed by atoms with Crippen molar-refractivity contribution in [2.45, 2.75) is 30.7 Å². The van der Waals surface area contributed by atoms with E-state index in [4.69, 9.17) is 4.74 Å². The lowest BCUT2D eigenvalue weighted by atomic mass is 10.2. The number of nitriles is 1. The highest BCUT2D eigenvalue weighted by Crippen LogP contribution is 2.28. The maximum Gasteiger partial charge on any atom is 0.225 e. The maximum absolute atomic E-state index is 12.1. The highest BCUT2D eigenvalue weighted by atomic mass is 32.2. The van der Waals surface area contributed by atoms with E-state index >= 15 is 0 Å². The van der Waals surface area contributed by atoms with Crippen LogP contribution in [0.15, 0.2) is 35.4 Å². The third kappa shape index (κ3) is 4.31. The standard InChI is InChI=1S/C19H19N3O2S/c1-24-16-6-3-5-15(11-16)21-18(23)8-9-25-19-14(12-20)10-13-4-2-7-17(13)22-19/h3,5-6,10-11H,2,4,7-9H2,1H3,(H,21,23). The molecule has 128 valence electrons. The van der Waals surface area contributed by atoms with Gasteiger partial charge in [0.05, 0.1) is 12.7 Å². The van der Waals surface area contributed by atoms with Gasteiger partial charge in [-0.05, 0) is 43.0 Å². The number of anilines is 1. The summed E-state index contributed by atoms with van der Waals surface area (Å²) in [6.07, 6.45) is 3.44. The Kier molecular flexibility index (Phi) is 5.56. The Morgan fingerprint density at radius 2 is 2.28 bits per heavy atom. The molecule has 1 aromatic carbocycles. The summed E-state index contributed by atoms with van der Waals surface area (Å²) in [7, 11) is 1.59. The van der Waals surface area contributed by atoms with E-state index in [0.717, 1.165) is 30.0 Å². The fourth-order valence-corrected chi connectivity index (χ4v) is 3.72. The van der Waals surface area contributed by atoms with E-state index in [2.05, 4.69) is 16.4 Å². The SMILES string of the molecule is COc1cccc(NC(=O)CCSc2nc3c(cc2C#N)CCC3)c1. The Morgan fingerprint density at radius 1 is 1.40 bits per heavy atom. The first-order valence-electron chi connectivity index (χ1n) is 8.19. The van der Waals surface area contributed by atoms with Crippen LogP contribution in [-0.2, 0) is 17.6 Å². The summed E-state index contributed by atoms with van der Waals surface area (Å²) in [5.41, 5.74) is 3.61. The van der Waals surface area contributed by atoms with Crippen molar-refractivity contribution in [1.82, 2.24) is 4.98 Å². The number of aryl methyl sites for hydroxylation is 2. The molecule has 1 aliphatic rings. The molecule has 2 aromatic rings. The third-order valence-electron chi connectivity index (χ3n) is 4.06. The Hall–Kier alpha value is -2.52. The number of carbonyl (C=O) groups excluding carboxylic acids is 1. The zero-order valence-corrected chi connectivity index (χ0v) is 14.9. The second-order valence-corrected chi connectivity index (χ2v) is 6.87. The quantitative estimate of drug-likeness (QED) is 0.804. The lowest BCUT2D eigenvalue weighted by Crippen LogP contribution is -2.12. The first-order valence-corrected chi connectivity index (χ1v) is 9.18.